The second kappa shape index (κ2) is 12.7. The van der Waals surface area contributed by atoms with E-state index >= 15 is 0 Å². The monoisotopic (exact) mass is 500 g/mol. The predicted molar refractivity (Wildman–Crippen MR) is 137 cm³/mol. The normalized spacial score (nSPS) is 11.6. The number of hydrogen-bond acceptors (Lipinski definition) is 3. The van der Waals surface area contributed by atoms with Gasteiger partial charge in [0.15, 0.2) is 0 Å². The minimum Gasteiger partial charge on any atom is -0.355 e. The van der Waals surface area contributed by atoms with Crippen molar-refractivity contribution in [1.29, 1.82) is 0 Å². The van der Waals surface area contributed by atoms with Gasteiger partial charge in [-0.15, -0.1) is 11.8 Å². The summed E-state index contributed by atoms with van der Waals surface area (Å²) in [6, 6.07) is 23.8. The van der Waals surface area contributed by atoms with E-state index in [1.165, 1.54) is 11.8 Å². The summed E-state index contributed by atoms with van der Waals surface area (Å²) in [6.45, 7) is 2.60. The number of amides is 2. The number of rotatable bonds is 10. The largest absolute Gasteiger partial charge is 0.355 e. The van der Waals surface area contributed by atoms with Crippen LogP contribution in [0.1, 0.15) is 18.1 Å². The Kier molecular flexibility index (Phi) is 9.67. The molecule has 172 valence electrons. The van der Waals surface area contributed by atoms with Gasteiger partial charge in [-0.1, -0.05) is 71.7 Å². The highest BCUT2D eigenvalue weighted by Gasteiger charge is 2.30. The average Bonchev–Trinajstić information content (AvgIpc) is 2.82. The Hall–Kier alpha value is -2.47. The molecule has 0 aromatic heterocycles. The van der Waals surface area contributed by atoms with Crippen LogP contribution in [0.2, 0.25) is 10.0 Å². The molecule has 7 heteroatoms. The first-order valence-electron chi connectivity index (χ1n) is 10.7. The van der Waals surface area contributed by atoms with E-state index < -0.39 is 6.04 Å². The molecule has 0 radical (unpaired) electrons. The number of nitrogens with zero attached hydrogens (tertiary/aromatic N) is 1. The van der Waals surface area contributed by atoms with Gasteiger partial charge < -0.3 is 10.2 Å². The lowest BCUT2D eigenvalue weighted by molar-refractivity contribution is -0.139. The highest BCUT2D eigenvalue weighted by atomic mass is 35.5. The van der Waals surface area contributed by atoms with Crippen LogP contribution in [0.15, 0.2) is 83.8 Å². The smallest absolute Gasteiger partial charge is 0.243 e. The SMILES string of the molecule is CCNC(=O)C(Cc1ccccc1)N(Cc1ccccc1Cl)C(=O)CSc1ccc(Cl)cc1. The predicted octanol–water partition coefficient (Wildman–Crippen LogP) is 5.86. The fourth-order valence-corrected chi connectivity index (χ4v) is 4.52. The zero-order chi connectivity index (χ0) is 23.6. The third kappa shape index (κ3) is 7.53. The Balaban J connectivity index is 1.89. The fraction of sp³-hybridized carbons (Fsp3) is 0.231. The van der Waals surface area contributed by atoms with Crippen LogP contribution in [0.4, 0.5) is 0 Å². The molecule has 0 heterocycles. The van der Waals surface area contributed by atoms with Crippen LogP contribution in [0.5, 0.6) is 0 Å². The number of hydrogen-bond donors (Lipinski definition) is 1. The minimum atomic E-state index is -0.665. The van der Waals surface area contributed by atoms with Crippen LogP contribution in [0, 0.1) is 0 Å². The highest BCUT2D eigenvalue weighted by molar-refractivity contribution is 8.00. The molecule has 3 aromatic carbocycles. The van der Waals surface area contributed by atoms with Gasteiger partial charge in [0.05, 0.1) is 5.75 Å². The topological polar surface area (TPSA) is 49.4 Å². The number of carbonyl (C=O) groups excluding carboxylic acids is 2. The molecule has 0 aliphatic carbocycles. The Bertz CT molecular complexity index is 1060. The van der Waals surface area contributed by atoms with Crippen LogP contribution < -0.4 is 5.32 Å². The van der Waals surface area contributed by atoms with Crippen LogP contribution in [-0.2, 0) is 22.6 Å². The third-order valence-corrected chi connectivity index (χ3v) is 6.71. The summed E-state index contributed by atoms with van der Waals surface area (Å²) in [7, 11) is 0. The molecule has 0 aliphatic rings. The van der Waals surface area contributed by atoms with Crippen molar-refractivity contribution in [2.45, 2.75) is 30.8 Å². The number of thioether (sulfide) groups is 1. The van der Waals surface area contributed by atoms with Crippen molar-refractivity contribution in [3.63, 3.8) is 0 Å². The lowest BCUT2D eigenvalue weighted by Gasteiger charge is -2.31. The first-order chi connectivity index (χ1) is 16.0. The van der Waals surface area contributed by atoms with E-state index in [0.29, 0.717) is 23.0 Å². The molecule has 3 aromatic rings. The quantitative estimate of drug-likeness (QED) is 0.354. The van der Waals surface area contributed by atoms with Crippen molar-refractivity contribution in [1.82, 2.24) is 10.2 Å². The molecule has 4 nitrogen and oxygen atoms in total. The van der Waals surface area contributed by atoms with Crippen LogP contribution in [0.3, 0.4) is 0 Å². The van der Waals surface area contributed by atoms with Crippen molar-refractivity contribution in [2.24, 2.45) is 0 Å². The Morgan fingerprint density at radius 2 is 1.61 bits per heavy atom. The maximum atomic E-state index is 13.5. The molecule has 33 heavy (non-hydrogen) atoms. The zero-order valence-corrected chi connectivity index (χ0v) is 20.7. The van der Waals surface area contributed by atoms with E-state index in [9.17, 15) is 9.59 Å². The van der Waals surface area contributed by atoms with E-state index in [4.69, 9.17) is 23.2 Å². The molecular formula is C26H26Cl2N2O2S. The fourth-order valence-electron chi connectivity index (χ4n) is 3.41. The Morgan fingerprint density at radius 1 is 0.939 bits per heavy atom. The maximum absolute atomic E-state index is 13.5. The van der Waals surface area contributed by atoms with E-state index in [0.717, 1.165) is 16.0 Å². The maximum Gasteiger partial charge on any atom is 0.243 e. The van der Waals surface area contributed by atoms with E-state index in [1.807, 2.05) is 67.6 Å². The van der Waals surface area contributed by atoms with Crippen molar-refractivity contribution < 1.29 is 9.59 Å². The van der Waals surface area contributed by atoms with Crippen molar-refractivity contribution >= 4 is 46.8 Å². The van der Waals surface area contributed by atoms with Crippen molar-refractivity contribution in [2.75, 3.05) is 12.3 Å². The average molecular weight is 501 g/mol. The summed E-state index contributed by atoms with van der Waals surface area (Å²) >= 11 is 13.8. The third-order valence-electron chi connectivity index (χ3n) is 5.10. The molecule has 0 saturated carbocycles. The summed E-state index contributed by atoms with van der Waals surface area (Å²) in [5.74, 6) is -0.128. The molecule has 3 rings (SSSR count). The van der Waals surface area contributed by atoms with Gasteiger partial charge in [0.25, 0.3) is 0 Å². The van der Waals surface area contributed by atoms with E-state index in [-0.39, 0.29) is 24.1 Å². The summed E-state index contributed by atoms with van der Waals surface area (Å²) in [5.41, 5.74) is 1.78. The van der Waals surface area contributed by atoms with Crippen molar-refractivity contribution in [3.8, 4) is 0 Å². The summed E-state index contributed by atoms with van der Waals surface area (Å²) < 4.78 is 0. The molecule has 1 N–H and O–H groups in total. The van der Waals surface area contributed by atoms with Crippen LogP contribution >= 0.6 is 35.0 Å². The first-order valence-corrected chi connectivity index (χ1v) is 12.4. The van der Waals surface area contributed by atoms with Gasteiger partial charge in [-0.05, 0) is 48.4 Å². The van der Waals surface area contributed by atoms with Crippen molar-refractivity contribution in [3.05, 3.63) is 100 Å². The first kappa shape index (κ1) is 25.2. The lowest BCUT2D eigenvalue weighted by Crippen LogP contribution is -2.51. The summed E-state index contributed by atoms with van der Waals surface area (Å²) in [5, 5.41) is 4.10. The highest BCUT2D eigenvalue weighted by Crippen LogP contribution is 2.24. The molecule has 1 unspecified atom stereocenters. The van der Waals surface area contributed by atoms with Gasteiger partial charge in [0.2, 0.25) is 11.8 Å². The van der Waals surface area contributed by atoms with Crippen LogP contribution in [-0.4, -0.2) is 35.1 Å². The Labute approximate surface area is 209 Å². The number of nitrogens with one attached hydrogen (secondary N) is 1. The van der Waals surface area contributed by atoms with Gasteiger partial charge in [-0.25, -0.2) is 0 Å². The second-order valence-corrected chi connectivity index (χ2v) is 9.35. The molecule has 1 atom stereocenters. The molecule has 2 amide bonds. The molecule has 0 aliphatic heterocycles. The van der Waals surface area contributed by atoms with Gasteiger partial charge >= 0.3 is 0 Å². The lowest BCUT2D eigenvalue weighted by atomic mass is 10.0. The van der Waals surface area contributed by atoms with Crippen LogP contribution in [0.25, 0.3) is 0 Å². The number of carbonyl (C=O) groups is 2. The van der Waals surface area contributed by atoms with Gasteiger partial charge in [0, 0.05) is 34.5 Å². The summed E-state index contributed by atoms with van der Waals surface area (Å²) in [4.78, 5) is 29.2. The molecule has 0 bridgehead atoms. The Morgan fingerprint density at radius 3 is 2.27 bits per heavy atom. The molecular weight excluding hydrogens is 475 g/mol. The van der Waals surface area contributed by atoms with Gasteiger partial charge in [-0.2, -0.15) is 0 Å². The minimum absolute atomic E-state index is 0.137. The van der Waals surface area contributed by atoms with E-state index in [2.05, 4.69) is 5.32 Å². The molecule has 0 fully saturated rings. The number of benzene rings is 3. The van der Waals surface area contributed by atoms with E-state index in [1.54, 1.807) is 23.1 Å². The second-order valence-electron chi connectivity index (χ2n) is 7.46. The summed E-state index contributed by atoms with van der Waals surface area (Å²) in [6.07, 6.45) is 0.411. The standard InChI is InChI=1S/C26H26Cl2N2O2S/c1-2-29-26(32)24(16-19-8-4-3-5-9-19)30(17-20-10-6-7-11-23(20)28)25(31)18-33-22-14-12-21(27)13-15-22/h3-15,24H,2,16-18H2,1H3,(H,29,32). The number of likely N-dealkylation sites (N-methyl/N-ethyl adjacent to an activating group) is 1. The molecule has 0 saturated heterocycles. The number of halogens is 2. The zero-order valence-electron chi connectivity index (χ0n) is 18.3. The molecule has 0 spiro atoms. The van der Waals surface area contributed by atoms with Gasteiger partial charge in [0.1, 0.15) is 6.04 Å². The van der Waals surface area contributed by atoms with Gasteiger partial charge in [-0.3, -0.25) is 9.59 Å².